The second kappa shape index (κ2) is 11.0. The molecule has 0 fully saturated rings. The molecule has 0 radical (unpaired) electrons. The highest BCUT2D eigenvalue weighted by Gasteiger charge is 2.14. The van der Waals surface area contributed by atoms with E-state index in [1.165, 1.54) is 0 Å². The van der Waals surface area contributed by atoms with Gasteiger partial charge >= 0.3 is 0 Å². The number of nitrogens with one attached hydrogen (secondary N) is 2. The van der Waals surface area contributed by atoms with Crippen LogP contribution in [0.25, 0.3) is 0 Å². The average molecular weight is 498 g/mol. The Bertz CT molecular complexity index is 794. The van der Waals surface area contributed by atoms with Gasteiger partial charge in [-0.3, -0.25) is 0 Å². The Balaban J connectivity index is 0.00000392. The summed E-state index contributed by atoms with van der Waals surface area (Å²) in [5, 5.41) is 14.8. The normalized spacial score (nSPS) is 11.5. The monoisotopic (exact) mass is 498 g/mol. The number of nitrogens with zero attached hydrogens (tertiary/aromatic N) is 4. The van der Waals surface area contributed by atoms with Crippen molar-refractivity contribution in [3.05, 3.63) is 54.1 Å². The van der Waals surface area contributed by atoms with Crippen LogP contribution in [0, 0.1) is 6.92 Å². The molecule has 1 heterocycles. The van der Waals surface area contributed by atoms with Gasteiger partial charge in [0, 0.05) is 19.2 Å². The highest BCUT2D eigenvalue weighted by Crippen LogP contribution is 2.23. The Kier molecular flexibility index (Phi) is 9.44. The summed E-state index contributed by atoms with van der Waals surface area (Å²) in [6.45, 7) is 13.4. The molecule has 0 saturated carbocycles. The minimum Gasteiger partial charge on any atom is -0.488 e. The number of aromatic nitrogens is 3. The molecule has 0 atom stereocenters. The van der Waals surface area contributed by atoms with Gasteiger partial charge in [-0.25, -0.2) is 4.99 Å². The largest absolute Gasteiger partial charge is 0.488 e. The highest BCUT2D eigenvalue weighted by atomic mass is 127. The maximum Gasteiger partial charge on any atom is 0.192 e. The van der Waals surface area contributed by atoms with Gasteiger partial charge in [-0.2, -0.15) is 0 Å². The summed E-state index contributed by atoms with van der Waals surface area (Å²) >= 11 is 0. The fourth-order valence-electron chi connectivity index (χ4n) is 2.34. The maximum absolute atomic E-state index is 6.05. The first-order valence-corrected chi connectivity index (χ1v) is 9.05. The van der Waals surface area contributed by atoms with E-state index in [0.717, 1.165) is 23.0 Å². The van der Waals surface area contributed by atoms with E-state index < -0.39 is 0 Å². The SMILES string of the molecule is C=CCNC(=NCc1ccccc1OC(C)(C)C)NCc1nnc(C)n1C.I. The molecule has 2 rings (SSSR count). The van der Waals surface area contributed by atoms with Crippen LogP contribution in [0.5, 0.6) is 5.75 Å². The van der Waals surface area contributed by atoms with Crippen molar-refractivity contribution in [3.63, 3.8) is 0 Å². The number of benzene rings is 1. The fraction of sp³-hybridized carbons (Fsp3) is 0.450. The lowest BCUT2D eigenvalue weighted by Gasteiger charge is -2.23. The smallest absolute Gasteiger partial charge is 0.192 e. The molecule has 0 aliphatic heterocycles. The van der Waals surface area contributed by atoms with Gasteiger partial charge in [0.05, 0.1) is 13.1 Å². The standard InChI is InChI=1S/C20H30N6O.HI/c1-7-12-21-19(23-14-18-25-24-15(2)26(18)6)22-13-16-10-8-9-11-17(16)27-20(3,4)5;/h7-11H,1,12-14H2,2-6H3,(H2,21,22,23);1H. The van der Waals surface area contributed by atoms with Gasteiger partial charge in [0.15, 0.2) is 11.8 Å². The molecule has 154 valence electrons. The summed E-state index contributed by atoms with van der Waals surface area (Å²) in [5.74, 6) is 3.25. The Labute approximate surface area is 184 Å². The van der Waals surface area contributed by atoms with E-state index in [1.54, 1.807) is 6.08 Å². The minimum atomic E-state index is -0.259. The summed E-state index contributed by atoms with van der Waals surface area (Å²) in [5.41, 5.74) is 0.770. The highest BCUT2D eigenvalue weighted by molar-refractivity contribution is 14.0. The van der Waals surface area contributed by atoms with Crippen molar-refractivity contribution in [2.24, 2.45) is 12.0 Å². The molecule has 2 aromatic rings. The number of ether oxygens (including phenoxy) is 1. The van der Waals surface area contributed by atoms with Crippen molar-refractivity contribution >= 4 is 29.9 Å². The van der Waals surface area contributed by atoms with Crippen LogP contribution in [-0.4, -0.2) is 32.9 Å². The lowest BCUT2D eigenvalue weighted by atomic mass is 10.1. The molecular formula is C20H31IN6O. The molecule has 1 aromatic carbocycles. The van der Waals surface area contributed by atoms with Crippen LogP contribution >= 0.6 is 24.0 Å². The molecule has 0 amide bonds. The van der Waals surface area contributed by atoms with Crippen LogP contribution in [0.2, 0.25) is 0 Å². The van der Waals surface area contributed by atoms with E-state index >= 15 is 0 Å². The Morgan fingerprint density at radius 1 is 1.25 bits per heavy atom. The third-order valence-electron chi connectivity index (χ3n) is 3.81. The number of rotatable bonds is 7. The molecule has 0 saturated heterocycles. The van der Waals surface area contributed by atoms with Crippen LogP contribution in [0.3, 0.4) is 0 Å². The Hall–Kier alpha value is -2.10. The third kappa shape index (κ3) is 7.49. The summed E-state index contributed by atoms with van der Waals surface area (Å²) in [4.78, 5) is 4.68. The molecule has 8 heteroatoms. The second-order valence-corrected chi connectivity index (χ2v) is 7.23. The zero-order chi connectivity index (χ0) is 19.9. The number of aliphatic imine (C=N–C) groups is 1. The van der Waals surface area contributed by atoms with Gasteiger partial charge in [-0.1, -0.05) is 24.3 Å². The number of hydrogen-bond donors (Lipinski definition) is 2. The van der Waals surface area contributed by atoms with Crippen LogP contribution in [0.1, 0.15) is 38.0 Å². The molecule has 7 nitrogen and oxygen atoms in total. The number of aryl methyl sites for hydroxylation is 1. The zero-order valence-corrected chi connectivity index (χ0v) is 19.7. The first kappa shape index (κ1) is 23.9. The predicted octanol–water partition coefficient (Wildman–Crippen LogP) is 3.34. The molecule has 0 spiro atoms. The minimum absolute atomic E-state index is 0. The van der Waals surface area contributed by atoms with Crippen LogP contribution in [-0.2, 0) is 20.1 Å². The zero-order valence-electron chi connectivity index (χ0n) is 17.3. The molecule has 0 aliphatic rings. The number of halogens is 1. The quantitative estimate of drug-likeness (QED) is 0.265. The summed E-state index contributed by atoms with van der Waals surface area (Å²) in [7, 11) is 1.94. The van der Waals surface area contributed by atoms with Gasteiger partial charge in [0.25, 0.3) is 0 Å². The molecule has 28 heavy (non-hydrogen) atoms. The van der Waals surface area contributed by atoms with Crippen molar-refractivity contribution in [1.29, 1.82) is 0 Å². The maximum atomic E-state index is 6.05. The average Bonchev–Trinajstić information content (AvgIpc) is 2.93. The van der Waals surface area contributed by atoms with Crippen LogP contribution < -0.4 is 15.4 Å². The number of para-hydroxylation sites is 1. The van der Waals surface area contributed by atoms with Crippen molar-refractivity contribution in [2.45, 2.75) is 46.4 Å². The second-order valence-electron chi connectivity index (χ2n) is 7.23. The number of guanidine groups is 1. The first-order valence-electron chi connectivity index (χ1n) is 9.05. The van der Waals surface area contributed by atoms with Gasteiger partial charge in [0.1, 0.15) is 17.2 Å². The first-order chi connectivity index (χ1) is 12.8. The van der Waals surface area contributed by atoms with E-state index in [0.29, 0.717) is 25.6 Å². The molecule has 0 unspecified atom stereocenters. The van der Waals surface area contributed by atoms with Gasteiger partial charge in [0.2, 0.25) is 0 Å². The molecule has 0 bridgehead atoms. The molecular weight excluding hydrogens is 467 g/mol. The summed E-state index contributed by atoms with van der Waals surface area (Å²) in [6.07, 6.45) is 1.79. The topological polar surface area (TPSA) is 76.4 Å². The van der Waals surface area contributed by atoms with Crippen molar-refractivity contribution < 1.29 is 4.74 Å². The summed E-state index contributed by atoms with van der Waals surface area (Å²) in [6, 6.07) is 7.97. The molecule has 1 aromatic heterocycles. The lowest BCUT2D eigenvalue weighted by Crippen LogP contribution is -2.37. The van der Waals surface area contributed by atoms with E-state index in [9.17, 15) is 0 Å². The van der Waals surface area contributed by atoms with Crippen LogP contribution in [0.4, 0.5) is 0 Å². The molecule has 0 aliphatic carbocycles. The fourth-order valence-corrected chi connectivity index (χ4v) is 2.34. The van der Waals surface area contributed by atoms with Crippen molar-refractivity contribution in [3.8, 4) is 5.75 Å². The van der Waals surface area contributed by atoms with E-state index in [1.807, 2.05) is 63.6 Å². The van der Waals surface area contributed by atoms with E-state index in [4.69, 9.17) is 4.74 Å². The van der Waals surface area contributed by atoms with Gasteiger partial charge in [-0.15, -0.1) is 40.8 Å². The van der Waals surface area contributed by atoms with Crippen LogP contribution in [0.15, 0.2) is 41.9 Å². The van der Waals surface area contributed by atoms with Crippen molar-refractivity contribution in [1.82, 2.24) is 25.4 Å². The van der Waals surface area contributed by atoms with Gasteiger partial charge in [-0.05, 0) is 33.8 Å². The van der Waals surface area contributed by atoms with E-state index in [2.05, 4.69) is 32.4 Å². The summed E-state index contributed by atoms with van der Waals surface area (Å²) < 4.78 is 8.00. The van der Waals surface area contributed by atoms with Gasteiger partial charge < -0.3 is 19.9 Å². The Morgan fingerprint density at radius 2 is 1.96 bits per heavy atom. The van der Waals surface area contributed by atoms with E-state index in [-0.39, 0.29) is 29.6 Å². The molecule has 2 N–H and O–H groups in total. The number of hydrogen-bond acceptors (Lipinski definition) is 4. The third-order valence-corrected chi connectivity index (χ3v) is 3.81. The van der Waals surface area contributed by atoms with Crippen molar-refractivity contribution in [2.75, 3.05) is 6.54 Å². The predicted molar refractivity (Wildman–Crippen MR) is 124 cm³/mol. The lowest BCUT2D eigenvalue weighted by molar-refractivity contribution is 0.129. The Morgan fingerprint density at radius 3 is 2.57 bits per heavy atom.